The number of amides is 1. The smallest absolute Gasteiger partial charge is 0.246 e. The average molecular weight is 437 g/mol. The topological polar surface area (TPSA) is 107 Å². The third-order valence-electron chi connectivity index (χ3n) is 3.83. The van der Waals surface area contributed by atoms with Gasteiger partial charge >= 0.3 is 0 Å². The van der Waals surface area contributed by atoms with Gasteiger partial charge in [-0.25, -0.2) is 13.1 Å². The molecule has 28 heavy (non-hydrogen) atoms. The normalized spacial score (nSPS) is 11.4. The van der Waals surface area contributed by atoms with E-state index in [2.05, 4.69) is 10.4 Å². The lowest BCUT2D eigenvalue weighted by atomic mass is 10.3. The second-order valence-corrected chi connectivity index (χ2v) is 8.87. The minimum atomic E-state index is -3.87. The molecule has 0 fully saturated rings. The second-order valence-electron chi connectivity index (χ2n) is 5.76. The van der Waals surface area contributed by atoms with Crippen molar-refractivity contribution in [1.29, 1.82) is 0 Å². The van der Waals surface area contributed by atoms with Crippen LogP contribution in [-0.4, -0.2) is 30.4 Å². The quantitative estimate of drug-likeness (QED) is 0.574. The number of carbonyl (C=O) groups excluding carboxylic acids is 1. The highest BCUT2D eigenvalue weighted by molar-refractivity contribution is 7.99. The highest BCUT2D eigenvalue weighted by atomic mass is 35.5. The van der Waals surface area contributed by atoms with Crippen molar-refractivity contribution in [3.8, 4) is 0 Å². The van der Waals surface area contributed by atoms with Gasteiger partial charge in [-0.3, -0.25) is 4.79 Å². The van der Waals surface area contributed by atoms with Crippen LogP contribution in [0.1, 0.15) is 0 Å². The highest BCUT2D eigenvalue weighted by Gasteiger charge is 2.29. The fraction of sp³-hybridized carbons (Fsp3) is 0.111. The van der Waals surface area contributed by atoms with E-state index in [1.807, 2.05) is 0 Å². The van der Waals surface area contributed by atoms with E-state index >= 15 is 0 Å². The van der Waals surface area contributed by atoms with Crippen LogP contribution in [0, 0.1) is 0 Å². The van der Waals surface area contributed by atoms with Crippen LogP contribution >= 0.6 is 23.4 Å². The van der Waals surface area contributed by atoms with Crippen molar-refractivity contribution in [2.24, 2.45) is 0 Å². The Morgan fingerprint density at radius 2 is 1.93 bits per heavy atom. The summed E-state index contributed by atoms with van der Waals surface area (Å²) in [6.07, 6.45) is 1.70. The SMILES string of the molecule is CSc1nn(CC(=O)Nc2cccc(Cl)c2)c(N)c1S(=O)(=O)c1ccccc1. The molecule has 146 valence electrons. The van der Waals surface area contributed by atoms with Crippen LogP contribution in [0.15, 0.2) is 69.4 Å². The van der Waals surface area contributed by atoms with Gasteiger partial charge in [-0.1, -0.05) is 35.9 Å². The molecule has 0 spiro atoms. The first-order chi connectivity index (χ1) is 13.3. The van der Waals surface area contributed by atoms with Crippen molar-refractivity contribution >= 4 is 50.6 Å². The maximum Gasteiger partial charge on any atom is 0.246 e. The maximum absolute atomic E-state index is 13.0. The molecule has 1 aromatic heterocycles. The number of hydrogen-bond acceptors (Lipinski definition) is 6. The zero-order chi connectivity index (χ0) is 20.3. The molecule has 2 aromatic carbocycles. The van der Waals surface area contributed by atoms with Gasteiger partial charge in [-0.05, 0) is 36.6 Å². The van der Waals surface area contributed by atoms with Crippen molar-refractivity contribution in [1.82, 2.24) is 9.78 Å². The summed E-state index contributed by atoms with van der Waals surface area (Å²) in [6, 6.07) is 14.6. The van der Waals surface area contributed by atoms with Gasteiger partial charge < -0.3 is 11.1 Å². The second kappa shape index (κ2) is 8.26. The van der Waals surface area contributed by atoms with Crippen molar-refractivity contribution < 1.29 is 13.2 Å². The number of sulfone groups is 1. The van der Waals surface area contributed by atoms with E-state index in [9.17, 15) is 13.2 Å². The number of hydrogen-bond donors (Lipinski definition) is 2. The molecule has 1 amide bonds. The molecule has 3 rings (SSSR count). The molecule has 0 atom stereocenters. The molecule has 0 saturated carbocycles. The maximum atomic E-state index is 13.0. The summed E-state index contributed by atoms with van der Waals surface area (Å²) in [7, 11) is -3.87. The van der Waals surface area contributed by atoms with E-state index in [1.165, 1.54) is 16.8 Å². The third kappa shape index (κ3) is 4.16. The van der Waals surface area contributed by atoms with E-state index in [1.54, 1.807) is 48.7 Å². The number of nitrogen functional groups attached to an aromatic ring is 1. The molecule has 0 unspecified atom stereocenters. The predicted octanol–water partition coefficient (Wildman–Crippen LogP) is 3.31. The van der Waals surface area contributed by atoms with Crippen LogP contribution in [0.3, 0.4) is 0 Å². The largest absolute Gasteiger partial charge is 0.383 e. The summed E-state index contributed by atoms with van der Waals surface area (Å²) in [5.41, 5.74) is 6.59. The summed E-state index contributed by atoms with van der Waals surface area (Å²) < 4.78 is 27.2. The Hall–Kier alpha value is -2.49. The summed E-state index contributed by atoms with van der Waals surface area (Å²) in [5.74, 6) is -0.498. The van der Waals surface area contributed by atoms with Gasteiger partial charge in [0.2, 0.25) is 15.7 Å². The number of benzene rings is 2. The van der Waals surface area contributed by atoms with Crippen LogP contribution in [0.25, 0.3) is 0 Å². The van der Waals surface area contributed by atoms with Crippen LogP contribution in [-0.2, 0) is 21.2 Å². The standard InChI is InChI=1S/C18H17ClN4O3S2/c1-27-18-16(28(25,26)14-8-3-2-4-9-14)17(20)23(22-18)11-15(24)21-13-7-5-6-12(19)10-13/h2-10H,11,20H2,1H3,(H,21,24). The molecular formula is C18H17ClN4O3S2. The lowest BCUT2D eigenvalue weighted by Gasteiger charge is -2.08. The molecular weight excluding hydrogens is 420 g/mol. The molecule has 1 heterocycles. The van der Waals surface area contributed by atoms with Gasteiger partial charge in [0.15, 0.2) is 0 Å². The van der Waals surface area contributed by atoms with Crippen LogP contribution in [0.4, 0.5) is 11.5 Å². The van der Waals surface area contributed by atoms with E-state index in [0.29, 0.717) is 10.7 Å². The van der Waals surface area contributed by atoms with Crippen LogP contribution in [0.2, 0.25) is 5.02 Å². The van der Waals surface area contributed by atoms with Crippen molar-refractivity contribution in [3.05, 3.63) is 59.6 Å². The number of aromatic nitrogens is 2. The lowest BCUT2D eigenvalue weighted by Crippen LogP contribution is -2.21. The van der Waals surface area contributed by atoms with Crippen LogP contribution in [0.5, 0.6) is 0 Å². The first kappa shape index (κ1) is 20.2. The van der Waals surface area contributed by atoms with Crippen molar-refractivity contribution in [2.75, 3.05) is 17.3 Å². The Morgan fingerprint density at radius 1 is 1.21 bits per heavy atom. The highest BCUT2D eigenvalue weighted by Crippen LogP contribution is 2.33. The predicted molar refractivity (Wildman–Crippen MR) is 110 cm³/mol. The Balaban J connectivity index is 1.91. The fourth-order valence-electron chi connectivity index (χ4n) is 2.56. The fourth-order valence-corrected chi connectivity index (χ4v) is 5.20. The van der Waals surface area contributed by atoms with Gasteiger partial charge in [0, 0.05) is 10.7 Å². The van der Waals surface area contributed by atoms with E-state index in [4.69, 9.17) is 17.3 Å². The first-order valence-electron chi connectivity index (χ1n) is 8.08. The molecule has 0 bridgehead atoms. The van der Waals surface area contributed by atoms with Gasteiger partial charge in [-0.2, -0.15) is 5.10 Å². The van der Waals surface area contributed by atoms with Crippen molar-refractivity contribution in [3.63, 3.8) is 0 Å². The number of nitrogens with one attached hydrogen (secondary N) is 1. The molecule has 0 aliphatic rings. The number of halogens is 1. The first-order valence-corrected chi connectivity index (χ1v) is 11.2. The zero-order valence-corrected chi connectivity index (χ0v) is 17.2. The number of thioether (sulfide) groups is 1. The molecule has 0 aliphatic carbocycles. The van der Waals surface area contributed by atoms with Gasteiger partial charge in [0.05, 0.1) is 4.90 Å². The Labute approximate surface area is 171 Å². The Kier molecular flexibility index (Phi) is 5.97. The van der Waals surface area contributed by atoms with Crippen molar-refractivity contribution in [2.45, 2.75) is 21.4 Å². The molecule has 0 saturated heterocycles. The third-order valence-corrected chi connectivity index (χ3v) is 6.70. The Morgan fingerprint density at radius 3 is 2.57 bits per heavy atom. The summed E-state index contributed by atoms with van der Waals surface area (Å²) >= 11 is 7.05. The van der Waals surface area contributed by atoms with Gasteiger partial charge in [0.25, 0.3) is 0 Å². The number of anilines is 2. The molecule has 3 aromatic rings. The monoisotopic (exact) mass is 436 g/mol. The molecule has 3 N–H and O–H groups in total. The molecule has 10 heteroatoms. The lowest BCUT2D eigenvalue weighted by molar-refractivity contribution is -0.116. The van der Waals surface area contributed by atoms with E-state index in [-0.39, 0.29) is 27.2 Å². The number of nitrogens with zero attached hydrogens (tertiary/aromatic N) is 2. The minimum Gasteiger partial charge on any atom is -0.383 e. The zero-order valence-electron chi connectivity index (χ0n) is 14.8. The number of nitrogens with two attached hydrogens (primary N) is 1. The van der Waals surface area contributed by atoms with Crippen LogP contribution < -0.4 is 11.1 Å². The average Bonchev–Trinajstić information content (AvgIpc) is 2.98. The summed E-state index contributed by atoms with van der Waals surface area (Å²) in [4.78, 5) is 12.4. The molecule has 0 radical (unpaired) electrons. The van der Waals surface area contributed by atoms with E-state index < -0.39 is 15.7 Å². The summed E-state index contributed by atoms with van der Waals surface area (Å²) in [5, 5.41) is 7.60. The van der Waals surface area contributed by atoms with Gasteiger partial charge in [0.1, 0.15) is 22.3 Å². The summed E-state index contributed by atoms with van der Waals surface area (Å²) in [6.45, 7) is -0.240. The minimum absolute atomic E-state index is 0.0885. The molecule has 7 nitrogen and oxygen atoms in total. The van der Waals surface area contributed by atoms with Gasteiger partial charge in [-0.15, -0.1) is 11.8 Å². The Bertz CT molecular complexity index is 1120. The van der Waals surface area contributed by atoms with E-state index in [0.717, 1.165) is 11.8 Å². The number of carbonyl (C=O) groups is 1. The number of rotatable bonds is 6. The molecule has 0 aliphatic heterocycles.